The maximum Gasteiger partial charge on any atom is 0.300 e. The summed E-state index contributed by atoms with van der Waals surface area (Å²) in [5.41, 5.74) is 2.23. The number of Topliss-reactive ketones (excluding diaryl/α,β-unsaturated/α-hetero) is 1. The predicted octanol–water partition coefficient (Wildman–Crippen LogP) is 2.43. The van der Waals surface area contributed by atoms with E-state index in [1.807, 2.05) is 32.9 Å². The molecule has 110 valence electrons. The molecular weight excluding hydrogens is 270 g/mol. The number of rotatable bonds is 2. The lowest BCUT2D eigenvalue weighted by Crippen LogP contribution is -2.47. The van der Waals surface area contributed by atoms with E-state index in [0.29, 0.717) is 22.7 Å². The lowest BCUT2D eigenvalue weighted by atomic mass is 9.88. The topological polar surface area (TPSA) is 55.8 Å². The Hall–Kier alpha value is -2.30. The first kappa shape index (κ1) is 13.7. The number of ketones is 1. The Kier molecular flexibility index (Phi) is 2.67. The van der Waals surface area contributed by atoms with Crippen molar-refractivity contribution in [2.45, 2.75) is 26.3 Å². The summed E-state index contributed by atoms with van der Waals surface area (Å²) in [6.07, 6.45) is 1.99. The third-order valence-electron chi connectivity index (χ3n) is 4.06. The molecule has 0 bridgehead atoms. The Bertz CT molecular complexity index is 715. The van der Waals surface area contributed by atoms with Crippen LogP contribution in [-0.2, 0) is 4.79 Å². The fourth-order valence-corrected chi connectivity index (χ4v) is 3.26. The highest BCUT2D eigenvalue weighted by Gasteiger charge is 2.49. The molecule has 5 heteroatoms. The van der Waals surface area contributed by atoms with Crippen LogP contribution in [0, 0.1) is 0 Å². The summed E-state index contributed by atoms with van der Waals surface area (Å²) in [7, 11) is 2.99. The molecule has 2 aliphatic rings. The smallest absolute Gasteiger partial charge is 0.300 e. The van der Waals surface area contributed by atoms with Gasteiger partial charge < -0.3 is 9.47 Å². The van der Waals surface area contributed by atoms with Crippen LogP contribution in [0.5, 0.6) is 11.5 Å². The largest absolute Gasteiger partial charge is 0.493 e. The maximum absolute atomic E-state index is 12.4. The Morgan fingerprint density at radius 1 is 1.14 bits per heavy atom. The van der Waals surface area contributed by atoms with Crippen LogP contribution in [0.15, 0.2) is 12.1 Å². The number of methoxy groups -OCH3 is 2. The molecule has 0 atom stereocenters. The quantitative estimate of drug-likeness (QED) is 0.784. The zero-order valence-corrected chi connectivity index (χ0v) is 12.7. The Morgan fingerprint density at radius 3 is 2.38 bits per heavy atom. The van der Waals surface area contributed by atoms with E-state index in [2.05, 4.69) is 0 Å². The summed E-state index contributed by atoms with van der Waals surface area (Å²) in [6, 6.07) is 1.82. The SMILES string of the molecule is COc1cc2c3c(c1OC)C(=O)C(=O)N3C(C)(C)C=C2C. The average Bonchev–Trinajstić information content (AvgIpc) is 2.69. The van der Waals surface area contributed by atoms with Gasteiger partial charge in [-0.1, -0.05) is 6.08 Å². The van der Waals surface area contributed by atoms with Crippen LogP contribution in [0.4, 0.5) is 5.69 Å². The van der Waals surface area contributed by atoms with E-state index in [-0.39, 0.29) is 0 Å². The van der Waals surface area contributed by atoms with Crippen LogP contribution in [-0.4, -0.2) is 31.4 Å². The normalized spacial score (nSPS) is 18.5. The summed E-state index contributed by atoms with van der Waals surface area (Å²) >= 11 is 0. The van der Waals surface area contributed by atoms with Gasteiger partial charge in [-0.15, -0.1) is 0 Å². The molecule has 21 heavy (non-hydrogen) atoms. The standard InChI is InChI=1S/C16H17NO4/c1-8-7-16(2,3)17-12-9(8)6-10(20-4)14(21-5)11(12)13(18)15(17)19/h6-7H,1-5H3. The molecule has 0 aromatic heterocycles. The minimum absolute atomic E-state index is 0.303. The van der Waals surface area contributed by atoms with Crippen molar-refractivity contribution in [1.82, 2.24) is 0 Å². The van der Waals surface area contributed by atoms with Crippen molar-refractivity contribution in [3.63, 3.8) is 0 Å². The molecule has 3 rings (SSSR count). The van der Waals surface area contributed by atoms with E-state index < -0.39 is 17.2 Å². The fraction of sp³-hybridized carbons (Fsp3) is 0.375. The van der Waals surface area contributed by atoms with Gasteiger partial charge in [-0.25, -0.2) is 0 Å². The molecule has 0 N–H and O–H groups in total. The molecular formula is C16H17NO4. The van der Waals surface area contributed by atoms with Crippen LogP contribution in [0.3, 0.4) is 0 Å². The fourth-order valence-electron chi connectivity index (χ4n) is 3.26. The number of hydrogen-bond acceptors (Lipinski definition) is 4. The van der Waals surface area contributed by atoms with E-state index >= 15 is 0 Å². The molecule has 1 amide bonds. The Balaban J connectivity index is 2.45. The van der Waals surface area contributed by atoms with Gasteiger partial charge in [0.25, 0.3) is 11.7 Å². The number of ether oxygens (including phenoxy) is 2. The van der Waals surface area contributed by atoms with Crippen molar-refractivity contribution < 1.29 is 19.1 Å². The molecule has 0 saturated carbocycles. The highest BCUT2D eigenvalue weighted by Crippen LogP contribution is 2.51. The van der Waals surface area contributed by atoms with Crippen LogP contribution >= 0.6 is 0 Å². The molecule has 0 aliphatic carbocycles. The molecule has 0 fully saturated rings. The number of carbonyl (C=O) groups is 2. The summed E-state index contributed by atoms with van der Waals surface area (Å²) in [4.78, 5) is 26.4. The highest BCUT2D eigenvalue weighted by atomic mass is 16.5. The van der Waals surface area contributed by atoms with Crippen molar-refractivity contribution in [3.8, 4) is 11.5 Å². The number of allylic oxidation sites excluding steroid dienone is 1. The maximum atomic E-state index is 12.4. The van der Waals surface area contributed by atoms with Crippen LogP contribution in [0.25, 0.3) is 5.57 Å². The van der Waals surface area contributed by atoms with Crippen molar-refractivity contribution in [3.05, 3.63) is 23.3 Å². The molecule has 5 nitrogen and oxygen atoms in total. The number of nitrogens with zero attached hydrogens (tertiary/aromatic N) is 1. The number of carbonyl (C=O) groups excluding carboxylic acids is 2. The number of hydrogen-bond donors (Lipinski definition) is 0. The molecule has 2 aliphatic heterocycles. The van der Waals surface area contributed by atoms with Gasteiger partial charge >= 0.3 is 0 Å². The van der Waals surface area contributed by atoms with Crippen molar-refractivity contribution in [2.75, 3.05) is 19.1 Å². The van der Waals surface area contributed by atoms with Crippen LogP contribution in [0.1, 0.15) is 36.7 Å². The summed E-state index contributed by atoms with van der Waals surface area (Å²) in [5, 5.41) is 0. The van der Waals surface area contributed by atoms with Gasteiger partial charge in [0.1, 0.15) is 0 Å². The van der Waals surface area contributed by atoms with Crippen molar-refractivity contribution in [2.24, 2.45) is 0 Å². The first-order valence-corrected chi connectivity index (χ1v) is 6.71. The minimum atomic E-state index is -0.547. The number of amides is 1. The van der Waals surface area contributed by atoms with Gasteiger partial charge in [-0.3, -0.25) is 14.5 Å². The predicted molar refractivity (Wildman–Crippen MR) is 79.1 cm³/mol. The molecule has 2 heterocycles. The van der Waals surface area contributed by atoms with Crippen LogP contribution in [0.2, 0.25) is 0 Å². The van der Waals surface area contributed by atoms with E-state index in [4.69, 9.17) is 9.47 Å². The molecule has 1 aromatic rings. The minimum Gasteiger partial charge on any atom is -0.493 e. The van der Waals surface area contributed by atoms with Gasteiger partial charge in [0, 0.05) is 5.56 Å². The van der Waals surface area contributed by atoms with Crippen molar-refractivity contribution in [1.29, 1.82) is 0 Å². The molecule has 0 saturated heterocycles. The van der Waals surface area contributed by atoms with Crippen molar-refractivity contribution >= 4 is 23.0 Å². The van der Waals surface area contributed by atoms with E-state index in [9.17, 15) is 9.59 Å². The van der Waals surface area contributed by atoms with E-state index in [1.54, 1.807) is 4.90 Å². The van der Waals surface area contributed by atoms with E-state index in [1.165, 1.54) is 14.2 Å². The first-order chi connectivity index (χ1) is 9.83. The number of benzene rings is 1. The summed E-state index contributed by atoms with van der Waals surface area (Å²) in [5.74, 6) is -0.283. The van der Waals surface area contributed by atoms with Gasteiger partial charge in [0.2, 0.25) is 0 Å². The lowest BCUT2D eigenvalue weighted by Gasteiger charge is -2.38. The van der Waals surface area contributed by atoms with E-state index in [0.717, 1.165) is 11.1 Å². The van der Waals surface area contributed by atoms with Gasteiger partial charge in [0.05, 0.1) is 31.0 Å². The molecule has 0 radical (unpaired) electrons. The molecule has 0 unspecified atom stereocenters. The molecule has 0 spiro atoms. The second-order valence-electron chi connectivity index (χ2n) is 5.83. The Labute approximate surface area is 123 Å². The zero-order valence-electron chi connectivity index (χ0n) is 12.7. The third kappa shape index (κ3) is 1.57. The average molecular weight is 287 g/mol. The molecule has 1 aromatic carbocycles. The van der Waals surface area contributed by atoms with Gasteiger partial charge in [-0.05, 0) is 32.4 Å². The van der Waals surface area contributed by atoms with Gasteiger partial charge in [0.15, 0.2) is 11.5 Å². The first-order valence-electron chi connectivity index (χ1n) is 6.71. The number of anilines is 1. The second kappa shape index (κ2) is 4.10. The highest BCUT2D eigenvalue weighted by molar-refractivity contribution is 6.54. The summed E-state index contributed by atoms with van der Waals surface area (Å²) < 4.78 is 10.6. The van der Waals surface area contributed by atoms with Gasteiger partial charge in [-0.2, -0.15) is 0 Å². The third-order valence-corrected chi connectivity index (χ3v) is 4.06. The summed E-state index contributed by atoms with van der Waals surface area (Å²) in [6.45, 7) is 5.79. The zero-order chi connectivity index (χ0) is 15.5. The van der Waals surface area contributed by atoms with Crippen LogP contribution < -0.4 is 14.4 Å². The Morgan fingerprint density at radius 2 is 1.81 bits per heavy atom. The lowest BCUT2D eigenvalue weighted by molar-refractivity contribution is -0.115. The second-order valence-corrected chi connectivity index (χ2v) is 5.83. The monoisotopic (exact) mass is 287 g/mol.